The van der Waals surface area contributed by atoms with Crippen LogP contribution in [0.5, 0.6) is 0 Å². The maximum Gasteiger partial charge on any atom is 0.128 e. The summed E-state index contributed by atoms with van der Waals surface area (Å²) in [5.41, 5.74) is 0.544. The molecule has 1 heterocycles. The van der Waals surface area contributed by atoms with Gasteiger partial charge in [-0.3, -0.25) is 0 Å². The van der Waals surface area contributed by atoms with Gasteiger partial charge in [0.1, 0.15) is 12.4 Å². The van der Waals surface area contributed by atoms with Crippen LogP contribution in [0.4, 0.5) is 0 Å². The van der Waals surface area contributed by atoms with Crippen molar-refractivity contribution in [3.63, 3.8) is 0 Å². The monoisotopic (exact) mass is 123 g/mol. The molecule has 0 saturated carbocycles. The number of aryl methyl sites for hydroxylation is 1. The molecule has 0 aromatic carbocycles. The van der Waals surface area contributed by atoms with E-state index in [2.05, 4.69) is 9.97 Å². The van der Waals surface area contributed by atoms with Crippen LogP contribution in [0.1, 0.15) is 11.5 Å². The molecule has 0 saturated heterocycles. The summed E-state index contributed by atoms with van der Waals surface area (Å²) in [4.78, 5) is 7.72. The van der Waals surface area contributed by atoms with E-state index in [1.807, 2.05) is 0 Å². The molecule has 1 N–H and O–H groups in total. The van der Waals surface area contributed by atoms with Gasteiger partial charge in [-0.15, -0.1) is 0 Å². The Kier molecular flexibility index (Phi) is 1.75. The molecule has 0 bridgehead atoms. The lowest BCUT2D eigenvalue weighted by Crippen LogP contribution is -1.90. The quantitative estimate of drug-likeness (QED) is 0.596. The minimum absolute atomic E-state index is 0.544. The van der Waals surface area contributed by atoms with E-state index < -0.39 is 0 Å². The lowest BCUT2D eigenvalue weighted by atomic mass is 10.4. The largest absolute Gasteiger partial charge is 0.384 e. The first-order valence-corrected chi connectivity index (χ1v) is 2.60. The van der Waals surface area contributed by atoms with Gasteiger partial charge in [0, 0.05) is 6.20 Å². The van der Waals surface area contributed by atoms with Crippen molar-refractivity contribution in [1.29, 1.82) is 0 Å². The molecule has 0 spiro atoms. The summed E-state index contributed by atoms with van der Waals surface area (Å²) in [6.45, 7) is 2.72. The fourth-order valence-electron chi connectivity index (χ4n) is 0.546. The Labute approximate surface area is 53.4 Å². The molecule has 1 aromatic heterocycles. The first-order valence-electron chi connectivity index (χ1n) is 2.60. The first kappa shape index (κ1) is 6.16. The Morgan fingerprint density at radius 1 is 1.67 bits per heavy atom. The molecule has 0 aliphatic heterocycles. The number of rotatable bonds is 1. The van der Waals surface area contributed by atoms with Crippen molar-refractivity contribution in [3.8, 4) is 0 Å². The smallest absolute Gasteiger partial charge is 0.128 e. The topological polar surface area (TPSA) is 46.0 Å². The van der Waals surface area contributed by atoms with Crippen LogP contribution in [0, 0.1) is 13.5 Å². The third-order valence-corrected chi connectivity index (χ3v) is 0.930. The predicted molar refractivity (Wildman–Crippen MR) is 32.1 cm³/mol. The molecule has 9 heavy (non-hydrogen) atoms. The van der Waals surface area contributed by atoms with Crippen molar-refractivity contribution in [1.82, 2.24) is 9.97 Å². The Morgan fingerprint density at radius 2 is 2.44 bits per heavy atom. The average Bonchev–Trinajstić information content (AvgIpc) is 1.88. The predicted octanol–water partition coefficient (Wildman–Crippen LogP) is 0.667. The van der Waals surface area contributed by atoms with Gasteiger partial charge in [0.25, 0.3) is 0 Å². The average molecular weight is 123 g/mol. The van der Waals surface area contributed by atoms with Gasteiger partial charge in [0.15, 0.2) is 0 Å². The Hall–Kier alpha value is -0.960. The van der Waals surface area contributed by atoms with Gasteiger partial charge in [-0.2, -0.15) is 0 Å². The zero-order valence-electron chi connectivity index (χ0n) is 5.07. The number of hydrogen-bond donors (Lipinski definition) is 1. The summed E-state index contributed by atoms with van der Waals surface area (Å²) >= 11 is 0. The van der Waals surface area contributed by atoms with Crippen molar-refractivity contribution in [2.45, 2.75) is 6.92 Å². The van der Waals surface area contributed by atoms with Gasteiger partial charge in [-0.25, -0.2) is 9.97 Å². The van der Waals surface area contributed by atoms with Crippen LogP contribution in [0.25, 0.3) is 0 Å². The van der Waals surface area contributed by atoms with Gasteiger partial charge >= 0.3 is 0 Å². The molecule has 3 heteroatoms. The lowest BCUT2D eigenvalue weighted by Gasteiger charge is -1.92. The van der Waals surface area contributed by atoms with E-state index in [1.165, 1.54) is 0 Å². The molecule has 0 unspecified atom stereocenters. The molecule has 3 nitrogen and oxygen atoms in total. The third-order valence-electron chi connectivity index (χ3n) is 0.930. The van der Waals surface area contributed by atoms with E-state index in [0.29, 0.717) is 11.5 Å². The van der Waals surface area contributed by atoms with Gasteiger partial charge < -0.3 is 5.11 Å². The van der Waals surface area contributed by atoms with E-state index >= 15 is 0 Å². The van der Waals surface area contributed by atoms with Crippen molar-refractivity contribution < 1.29 is 5.11 Å². The first-order chi connectivity index (χ1) is 4.33. The highest BCUT2D eigenvalue weighted by Crippen LogP contribution is 1.93. The van der Waals surface area contributed by atoms with E-state index in [9.17, 15) is 0 Å². The van der Waals surface area contributed by atoms with Crippen LogP contribution in [0.3, 0.4) is 0 Å². The summed E-state index contributed by atoms with van der Waals surface area (Å²) in [5.74, 6) is 0.665. The Morgan fingerprint density at radius 3 is 2.89 bits per heavy atom. The minimum Gasteiger partial charge on any atom is -0.384 e. The molecular weight excluding hydrogens is 116 g/mol. The van der Waals surface area contributed by atoms with E-state index in [-0.39, 0.29) is 0 Å². The van der Waals surface area contributed by atoms with E-state index in [0.717, 1.165) is 6.61 Å². The van der Waals surface area contributed by atoms with Crippen LogP contribution in [0.2, 0.25) is 0 Å². The standard InChI is InChI=1S/C6H7N2O/c1-5-7-3-2-6(4-9)8-5/h2-4,9H,1H3. The van der Waals surface area contributed by atoms with Gasteiger partial charge in [-0.1, -0.05) is 0 Å². The number of nitrogens with zero attached hydrogens (tertiary/aromatic N) is 2. The molecule has 0 amide bonds. The van der Waals surface area contributed by atoms with Crippen LogP contribution in [-0.2, 0) is 0 Å². The second kappa shape index (κ2) is 2.55. The highest BCUT2D eigenvalue weighted by molar-refractivity contribution is 5.06. The maximum absolute atomic E-state index is 8.45. The normalized spacial score (nSPS) is 9.56. The van der Waals surface area contributed by atoms with Gasteiger partial charge in [-0.05, 0) is 13.0 Å². The minimum atomic E-state index is 0.544. The van der Waals surface area contributed by atoms with Crippen molar-refractivity contribution in [2.24, 2.45) is 0 Å². The van der Waals surface area contributed by atoms with E-state index in [1.54, 1.807) is 19.2 Å². The molecule has 0 fully saturated rings. The number of aliphatic hydroxyl groups is 1. The van der Waals surface area contributed by atoms with Crippen LogP contribution in [0.15, 0.2) is 12.3 Å². The lowest BCUT2D eigenvalue weighted by molar-refractivity contribution is 0.410. The van der Waals surface area contributed by atoms with Gasteiger partial charge in [0.2, 0.25) is 0 Å². The summed E-state index contributed by atoms with van der Waals surface area (Å²) < 4.78 is 0. The molecule has 0 aliphatic rings. The zero-order chi connectivity index (χ0) is 6.69. The van der Waals surface area contributed by atoms with Crippen LogP contribution in [-0.4, -0.2) is 15.1 Å². The summed E-state index contributed by atoms with van der Waals surface area (Å²) in [6, 6.07) is 1.63. The molecular formula is C6H7N2O. The van der Waals surface area contributed by atoms with Crippen LogP contribution < -0.4 is 0 Å². The van der Waals surface area contributed by atoms with Gasteiger partial charge in [0.05, 0.1) is 5.69 Å². The number of hydrogen-bond acceptors (Lipinski definition) is 3. The highest BCUT2D eigenvalue weighted by Gasteiger charge is 1.90. The maximum atomic E-state index is 8.45. The van der Waals surface area contributed by atoms with Crippen LogP contribution >= 0.6 is 0 Å². The molecule has 1 rings (SSSR count). The Balaban J connectivity index is 2.94. The molecule has 47 valence electrons. The second-order valence-electron chi connectivity index (χ2n) is 1.66. The van der Waals surface area contributed by atoms with E-state index in [4.69, 9.17) is 5.11 Å². The van der Waals surface area contributed by atoms with Crippen molar-refractivity contribution >= 4 is 0 Å². The highest BCUT2D eigenvalue weighted by atomic mass is 16.3. The molecule has 0 aliphatic carbocycles. The molecule has 0 atom stereocenters. The fourth-order valence-corrected chi connectivity index (χ4v) is 0.546. The van der Waals surface area contributed by atoms with Crippen molar-refractivity contribution in [2.75, 3.05) is 0 Å². The zero-order valence-corrected chi connectivity index (χ0v) is 5.07. The third kappa shape index (κ3) is 1.47. The SMILES string of the molecule is Cc1nccc([CH]O)n1. The van der Waals surface area contributed by atoms with Crippen molar-refractivity contribution in [3.05, 3.63) is 30.4 Å². The summed E-state index contributed by atoms with van der Waals surface area (Å²) in [7, 11) is 0. The summed E-state index contributed by atoms with van der Waals surface area (Å²) in [6.07, 6.45) is 1.60. The number of aromatic nitrogens is 2. The Bertz CT molecular complexity index is 200. The second-order valence-corrected chi connectivity index (χ2v) is 1.66. The molecule has 1 aromatic rings. The molecule has 1 radical (unpaired) electrons. The number of aliphatic hydroxyl groups excluding tert-OH is 1. The summed E-state index contributed by atoms with van der Waals surface area (Å²) in [5, 5.41) is 8.45. The fraction of sp³-hybridized carbons (Fsp3) is 0.167.